The maximum atomic E-state index is 13.1. The summed E-state index contributed by atoms with van der Waals surface area (Å²) in [7, 11) is 0. The van der Waals surface area contributed by atoms with Gasteiger partial charge in [0.1, 0.15) is 0 Å². The van der Waals surface area contributed by atoms with Crippen molar-refractivity contribution in [2.45, 2.75) is 37.9 Å². The highest BCUT2D eigenvalue weighted by molar-refractivity contribution is 5.85. The number of pyridine rings is 1. The molecule has 0 radical (unpaired) electrons. The van der Waals surface area contributed by atoms with Crippen LogP contribution in [0.5, 0.6) is 0 Å². The highest BCUT2D eigenvalue weighted by Gasteiger charge is 2.33. The van der Waals surface area contributed by atoms with Crippen molar-refractivity contribution < 1.29 is 13.2 Å². The minimum atomic E-state index is -4.54. The predicted molar refractivity (Wildman–Crippen MR) is 75.4 cm³/mol. The van der Waals surface area contributed by atoms with Gasteiger partial charge in [-0.25, -0.2) is 0 Å². The zero-order valence-electron chi connectivity index (χ0n) is 11.3. The first-order valence-corrected chi connectivity index (χ1v) is 6.94. The Bertz CT molecular complexity index is 715. The molecule has 0 bridgehead atoms. The van der Waals surface area contributed by atoms with Crippen molar-refractivity contribution in [1.29, 1.82) is 0 Å². The largest absolute Gasteiger partial charge is 0.417 e. The third-order valence-electron chi connectivity index (χ3n) is 3.87. The van der Waals surface area contributed by atoms with Crippen LogP contribution in [0.15, 0.2) is 29.1 Å². The standard InChI is InChI=1S/C15H15F3N2O/c16-15(17,18)12-8-14(21)20-13-6-5-10(7-11(12)13)19-9-3-1-2-4-9/h5-9,19H,1-4H2,(H,20,21). The molecule has 0 aliphatic heterocycles. The van der Waals surface area contributed by atoms with Crippen LogP contribution in [0.2, 0.25) is 0 Å². The van der Waals surface area contributed by atoms with E-state index in [2.05, 4.69) is 10.3 Å². The molecule has 0 spiro atoms. The average molecular weight is 296 g/mol. The van der Waals surface area contributed by atoms with Crippen LogP contribution in [0.1, 0.15) is 31.2 Å². The number of nitrogens with one attached hydrogen (secondary N) is 2. The van der Waals surface area contributed by atoms with Crippen molar-refractivity contribution in [3.8, 4) is 0 Å². The molecule has 1 heterocycles. The lowest BCUT2D eigenvalue weighted by molar-refractivity contribution is -0.136. The van der Waals surface area contributed by atoms with Gasteiger partial charge in [-0.3, -0.25) is 4.79 Å². The fraction of sp³-hybridized carbons (Fsp3) is 0.400. The first-order chi connectivity index (χ1) is 9.93. The minimum Gasteiger partial charge on any atom is -0.382 e. The zero-order valence-corrected chi connectivity index (χ0v) is 11.3. The van der Waals surface area contributed by atoms with Gasteiger partial charge in [0.25, 0.3) is 0 Å². The van der Waals surface area contributed by atoms with Crippen LogP contribution in [-0.2, 0) is 6.18 Å². The molecule has 112 valence electrons. The van der Waals surface area contributed by atoms with Gasteiger partial charge in [0.05, 0.1) is 5.56 Å². The molecule has 1 fully saturated rings. The summed E-state index contributed by atoms with van der Waals surface area (Å²) < 4.78 is 39.2. The van der Waals surface area contributed by atoms with Crippen LogP contribution in [0.25, 0.3) is 10.9 Å². The smallest absolute Gasteiger partial charge is 0.382 e. The Kier molecular flexibility index (Phi) is 3.39. The lowest BCUT2D eigenvalue weighted by Gasteiger charge is -2.15. The van der Waals surface area contributed by atoms with E-state index in [-0.39, 0.29) is 10.9 Å². The molecule has 1 saturated carbocycles. The highest BCUT2D eigenvalue weighted by atomic mass is 19.4. The van der Waals surface area contributed by atoms with Gasteiger partial charge in [-0.1, -0.05) is 12.8 Å². The topological polar surface area (TPSA) is 44.9 Å². The third-order valence-corrected chi connectivity index (χ3v) is 3.87. The van der Waals surface area contributed by atoms with Gasteiger partial charge < -0.3 is 10.3 Å². The molecule has 1 aliphatic rings. The lowest BCUT2D eigenvalue weighted by Crippen LogP contribution is -2.16. The minimum absolute atomic E-state index is 0.0186. The van der Waals surface area contributed by atoms with E-state index in [9.17, 15) is 18.0 Å². The average Bonchev–Trinajstić information content (AvgIpc) is 2.90. The maximum Gasteiger partial charge on any atom is 0.417 e. The maximum absolute atomic E-state index is 13.1. The van der Waals surface area contributed by atoms with Crippen LogP contribution >= 0.6 is 0 Å². The molecule has 0 saturated heterocycles. The Morgan fingerprint density at radius 1 is 1.14 bits per heavy atom. The molecule has 1 aliphatic carbocycles. The number of rotatable bonds is 2. The van der Waals surface area contributed by atoms with E-state index >= 15 is 0 Å². The summed E-state index contributed by atoms with van der Waals surface area (Å²) in [6, 6.07) is 5.62. The second-order valence-corrected chi connectivity index (χ2v) is 5.43. The van der Waals surface area contributed by atoms with E-state index < -0.39 is 17.3 Å². The summed E-state index contributed by atoms with van der Waals surface area (Å²) in [6.07, 6.45) is -0.178. The number of aromatic nitrogens is 1. The van der Waals surface area contributed by atoms with Crippen LogP contribution in [0, 0.1) is 0 Å². The second kappa shape index (κ2) is 5.09. The van der Waals surface area contributed by atoms with E-state index in [1.54, 1.807) is 6.07 Å². The van der Waals surface area contributed by atoms with Crippen molar-refractivity contribution in [2.75, 3.05) is 5.32 Å². The molecule has 0 atom stereocenters. The highest BCUT2D eigenvalue weighted by Crippen LogP contribution is 2.34. The molecule has 2 N–H and O–H groups in total. The molecule has 0 amide bonds. The Balaban J connectivity index is 2.06. The fourth-order valence-electron chi connectivity index (χ4n) is 2.88. The van der Waals surface area contributed by atoms with Crippen molar-refractivity contribution >= 4 is 16.6 Å². The number of halogens is 3. The first kappa shape index (κ1) is 14.0. The van der Waals surface area contributed by atoms with E-state index in [0.29, 0.717) is 17.8 Å². The number of benzene rings is 1. The Labute approximate surface area is 119 Å². The summed E-state index contributed by atoms with van der Waals surface area (Å²) in [6.45, 7) is 0. The summed E-state index contributed by atoms with van der Waals surface area (Å²) in [5.41, 5.74) is -0.776. The summed E-state index contributed by atoms with van der Waals surface area (Å²) in [4.78, 5) is 13.8. The van der Waals surface area contributed by atoms with E-state index in [1.165, 1.54) is 12.1 Å². The molecule has 6 heteroatoms. The fourth-order valence-corrected chi connectivity index (χ4v) is 2.88. The van der Waals surface area contributed by atoms with Crippen molar-refractivity contribution in [3.05, 3.63) is 40.2 Å². The molecule has 1 aromatic heterocycles. The molecule has 0 unspecified atom stereocenters. The normalized spacial score (nSPS) is 16.5. The first-order valence-electron chi connectivity index (χ1n) is 6.94. The van der Waals surface area contributed by atoms with Crippen LogP contribution in [-0.4, -0.2) is 11.0 Å². The van der Waals surface area contributed by atoms with Gasteiger partial charge in [-0.2, -0.15) is 13.2 Å². The number of alkyl halides is 3. The summed E-state index contributed by atoms with van der Waals surface area (Å²) in [5.74, 6) is 0. The Hall–Kier alpha value is -1.98. The number of hydrogen-bond acceptors (Lipinski definition) is 2. The van der Waals surface area contributed by atoms with Gasteiger partial charge in [0, 0.05) is 28.7 Å². The molecular formula is C15H15F3N2O. The van der Waals surface area contributed by atoms with Gasteiger partial charge in [-0.15, -0.1) is 0 Å². The quantitative estimate of drug-likeness (QED) is 0.882. The van der Waals surface area contributed by atoms with Gasteiger partial charge >= 0.3 is 6.18 Å². The lowest BCUT2D eigenvalue weighted by atomic mass is 10.1. The second-order valence-electron chi connectivity index (χ2n) is 5.43. The molecular weight excluding hydrogens is 281 g/mol. The van der Waals surface area contributed by atoms with Crippen LogP contribution < -0.4 is 10.9 Å². The van der Waals surface area contributed by atoms with Crippen molar-refractivity contribution in [2.24, 2.45) is 0 Å². The van der Waals surface area contributed by atoms with E-state index in [0.717, 1.165) is 25.7 Å². The van der Waals surface area contributed by atoms with Crippen molar-refractivity contribution in [3.63, 3.8) is 0 Å². The van der Waals surface area contributed by atoms with Gasteiger partial charge in [0.2, 0.25) is 5.56 Å². The number of H-pyrrole nitrogens is 1. The van der Waals surface area contributed by atoms with Crippen molar-refractivity contribution in [1.82, 2.24) is 4.98 Å². The number of aromatic amines is 1. The predicted octanol–water partition coefficient (Wildman–Crippen LogP) is 3.90. The Morgan fingerprint density at radius 2 is 1.86 bits per heavy atom. The molecule has 3 rings (SSSR count). The number of fused-ring (bicyclic) bond motifs is 1. The zero-order chi connectivity index (χ0) is 15.0. The Morgan fingerprint density at radius 3 is 2.52 bits per heavy atom. The van der Waals surface area contributed by atoms with Crippen LogP contribution in [0.4, 0.5) is 18.9 Å². The van der Waals surface area contributed by atoms with Crippen LogP contribution in [0.3, 0.4) is 0 Å². The van der Waals surface area contributed by atoms with E-state index in [1.807, 2.05) is 0 Å². The monoisotopic (exact) mass is 296 g/mol. The van der Waals surface area contributed by atoms with Gasteiger partial charge in [-0.05, 0) is 31.0 Å². The molecule has 21 heavy (non-hydrogen) atoms. The number of anilines is 1. The summed E-state index contributed by atoms with van der Waals surface area (Å²) >= 11 is 0. The molecule has 3 nitrogen and oxygen atoms in total. The van der Waals surface area contributed by atoms with Gasteiger partial charge in [0.15, 0.2) is 0 Å². The SMILES string of the molecule is O=c1cc(C(F)(F)F)c2cc(NC3CCCC3)ccc2[nH]1. The van der Waals surface area contributed by atoms with E-state index in [4.69, 9.17) is 0 Å². The molecule has 2 aromatic rings. The third kappa shape index (κ3) is 2.89. The summed E-state index contributed by atoms with van der Waals surface area (Å²) in [5, 5.41) is 3.29. The molecule has 1 aromatic carbocycles. The number of hydrogen-bond donors (Lipinski definition) is 2.